The van der Waals surface area contributed by atoms with Crippen molar-refractivity contribution in [2.45, 2.75) is 37.1 Å². The summed E-state index contributed by atoms with van der Waals surface area (Å²) in [4.78, 5) is 17.0. The second kappa shape index (κ2) is 9.98. The molecule has 0 radical (unpaired) electrons. The average molecular weight is 472 g/mol. The van der Waals surface area contributed by atoms with Crippen molar-refractivity contribution < 1.29 is 13.2 Å². The Labute approximate surface area is 193 Å². The summed E-state index contributed by atoms with van der Waals surface area (Å²) in [6.45, 7) is 0.847. The third-order valence-corrected chi connectivity index (χ3v) is 7.75. The Morgan fingerprint density at radius 1 is 1.00 bits per heavy atom. The largest absolute Gasteiger partial charge is 0.352 e. The van der Waals surface area contributed by atoms with Crippen LogP contribution in [0.1, 0.15) is 31.2 Å². The first kappa shape index (κ1) is 22.7. The molecular weight excluding hydrogens is 446 g/mol. The van der Waals surface area contributed by atoms with Gasteiger partial charge in [0.05, 0.1) is 5.52 Å². The van der Waals surface area contributed by atoms with Gasteiger partial charge in [-0.25, -0.2) is 13.1 Å². The van der Waals surface area contributed by atoms with E-state index in [2.05, 4.69) is 15.0 Å². The second-order valence-electron chi connectivity index (χ2n) is 8.25. The predicted octanol–water partition coefficient (Wildman–Crippen LogP) is 4.29. The monoisotopic (exact) mass is 471 g/mol. The maximum absolute atomic E-state index is 12.9. The summed E-state index contributed by atoms with van der Waals surface area (Å²) in [5, 5.41) is 4.46. The third kappa shape index (κ3) is 5.46. The lowest BCUT2D eigenvalue weighted by Crippen LogP contribution is -2.36. The van der Waals surface area contributed by atoms with Gasteiger partial charge in [-0.15, -0.1) is 0 Å². The molecule has 4 rings (SSSR count). The van der Waals surface area contributed by atoms with Crippen LogP contribution in [-0.4, -0.2) is 25.9 Å². The van der Waals surface area contributed by atoms with Gasteiger partial charge in [-0.2, -0.15) is 0 Å². The lowest BCUT2D eigenvalue weighted by molar-refractivity contribution is -0.126. The molecule has 0 spiro atoms. The number of hydrogen-bond acceptors (Lipinski definition) is 4. The quantitative estimate of drug-likeness (QED) is 0.538. The van der Waals surface area contributed by atoms with Crippen LogP contribution in [0.15, 0.2) is 65.7 Å². The zero-order chi connectivity index (χ0) is 22.6. The van der Waals surface area contributed by atoms with Crippen molar-refractivity contribution in [1.29, 1.82) is 0 Å². The van der Waals surface area contributed by atoms with E-state index >= 15 is 0 Å². The normalized spacial score (nSPS) is 19.0. The molecule has 0 aliphatic heterocycles. The summed E-state index contributed by atoms with van der Waals surface area (Å²) in [7, 11) is -3.66. The van der Waals surface area contributed by atoms with E-state index in [9.17, 15) is 13.2 Å². The van der Waals surface area contributed by atoms with Gasteiger partial charge in [0.2, 0.25) is 15.9 Å². The van der Waals surface area contributed by atoms with Gasteiger partial charge in [-0.05, 0) is 61.4 Å². The number of halogens is 1. The van der Waals surface area contributed by atoms with Gasteiger partial charge in [0.15, 0.2) is 0 Å². The number of para-hydroxylation sites is 1. The first-order chi connectivity index (χ1) is 15.4. The van der Waals surface area contributed by atoms with Gasteiger partial charge in [-0.3, -0.25) is 9.78 Å². The van der Waals surface area contributed by atoms with Crippen molar-refractivity contribution in [2.75, 3.05) is 6.54 Å². The van der Waals surface area contributed by atoms with Crippen molar-refractivity contribution in [2.24, 2.45) is 11.8 Å². The van der Waals surface area contributed by atoms with Crippen molar-refractivity contribution >= 4 is 38.4 Å². The van der Waals surface area contributed by atoms with E-state index in [0.717, 1.165) is 36.6 Å². The van der Waals surface area contributed by atoms with Gasteiger partial charge in [0.25, 0.3) is 0 Å². The van der Waals surface area contributed by atoms with Crippen LogP contribution in [-0.2, 0) is 21.4 Å². The van der Waals surface area contributed by atoms with Crippen molar-refractivity contribution in [1.82, 2.24) is 15.0 Å². The number of hydrogen-bond donors (Lipinski definition) is 2. The molecule has 1 heterocycles. The Bertz CT molecular complexity index is 1190. The number of benzene rings is 2. The smallest absolute Gasteiger partial charge is 0.242 e. The summed E-state index contributed by atoms with van der Waals surface area (Å²) in [5.74, 6) is 0.242. The number of nitrogens with one attached hydrogen (secondary N) is 2. The van der Waals surface area contributed by atoms with Crippen molar-refractivity contribution in [3.05, 3.63) is 71.4 Å². The molecule has 0 bridgehead atoms. The molecular formula is C24H26ClN3O3S. The van der Waals surface area contributed by atoms with E-state index in [-0.39, 0.29) is 22.6 Å². The Balaban J connectivity index is 1.27. The maximum atomic E-state index is 12.9. The zero-order valence-electron chi connectivity index (χ0n) is 17.6. The molecule has 6 nitrogen and oxygen atoms in total. The first-order valence-corrected chi connectivity index (χ1v) is 12.6. The number of sulfonamides is 1. The molecule has 1 fully saturated rings. The molecule has 2 N–H and O–H groups in total. The summed E-state index contributed by atoms with van der Waals surface area (Å²) in [5.41, 5.74) is 1.48. The van der Waals surface area contributed by atoms with Gasteiger partial charge >= 0.3 is 0 Å². The topological polar surface area (TPSA) is 88.2 Å². The SMILES string of the molecule is O=C(NCc1ccc(Cl)cc1)C1CCC(CNS(=O)(=O)c2cccc3cccnc23)CC1. The van der Waals surface area contributed by atoms with E-state index in [1.165, 1.54) is 0 Å². The second-order valence-corrected chi connectivity index (χ2v) is 10.4. The van der Waals surface area contributed by atoms with Gasteiger partial charge in [0.1, 0.15) is 4.90 Å². The fourth-order valence-electron chi connectivity index (χ4n) is 4.16. The summed E-state index contributed by atoms with van der Waals surface area (Å²) < 4.78 is 28.5. The van der Waals surface area contributed by atoms with Crippen LogP contribution in [0, 0.1) is 11.8 Å². The molecule has 1 amide bonds. The standard InChI is InChI=1S/C24H26ClN3O3S/c25-21-12-8-17(9-13-21)15-27-24(29)20-10-6-18(7-11-20)16-28-32(30,31)22-5-1-3-19-4-2-14-26-23(19)22/h1-5,8-9,12-14,18,20,28H,6-7,10-11,15-16H2,(H,27,29). The van der Waals surface area contributed by atoms with Crippen LogP contribution in [0.2, 0.25) is 5.02 Å². The highest BCUT2D eigenvalue weighted by molar-refractivity contribution is 7.89. The highest BCUT2D eigenvalue weighted by Gasteiger charge is 2.27. The molecule has 2 aromatic carbocycles. The predicted molar refractivity (Wildman–Crippen MR) is 126 cm³/mol. The minimum Gasteiger partial charge on any atom is -0.352 e. The average Bonchev–Trinajstić information content (AvgIpc) is 2.82. The van der Waals surface area contributed by atoms with E-state index in [0.29, 0.717) is 23.6 Å². The highest BCUT2D eigenvalue weighted by Crippen LogP contribution is 2.29. The lowest BCUT2D eigenvalue weighted by Gasteiger charge is -2.28. The molecule has 0 unspecified atom stereocenters. The Hall–Kier alpha value is -2.48. The number of amides is 1. The van der Waals surface area contributed by atoms with Crippen LogP contribution >= 0.6 is 11.6 Å². The number of nitrogens with zero attached hydrogens (tertiary/aromatic N) is 1. The third-order valence-electron chi connectivity index (χ3n) is 6.04. The number of carbonyl (C=O) groups is 1. The molecule has 3 aromatic rings. The van der Waals surface area contributed by atoms with Crippen LogP contribution in [0.3, 0.4) is 0 Å². The Morgan fingerprint density at radius 3 is 2.47 bits per heavy atom. The number of pyridine rings is 1. The molecule has 1 aromatic heterocycles. The first-order valence-electron chi connectivity index (χ1n) is 10.8. The van der Waals surface area contributed by atoms with Gasteiger partial charge < -0.3 is 5.32 Å². The fourth-order valence-corrected chi connectivity index (χ4v) is 5.58. The van der Waals surface area contributed by atoms with E-state index in [4.69, 9.17) is 11.6 Å². The Kier molecular flexibility index (Phi) is 7.08. The van der Waals surface area contributed by atoms with Gasteiger partial charge in [-0.1, -0.05) is 41.9 Å². The minimum atomic E-state index is -3.66. The lowest BCUT2D eigenvalue weighted by atomic mass is 9.81. The van der Waals surface area contributed by atoms with Crippen molar-refractivity contribution in [3.8, 4) is 0 Å². The molecule has 1 aliphatic carbocycles. The van der Waals surface area contributed by atoms with Crippen molar-refractivity contribution in [3.63, 3.8) is 0 Å². The molecule has 0 atom stereocenters. The van der Waals surface area contributed by atoms with Crippen LogP contribution < -0.4 is 10.0 Å². The summed E-state index contributed by atoms with van der Waals surface area (Å²) in [6, 6.07) is 16.2. The fraction of sp³-hybridized carbons (Fsp3) is 0.333. The van der Waals surface area contributed by atoms with E-state index < -0.39 is 10.0 Å². The Morgan fingerprint density at radius 2 is 1.72 bits per heavy atom. The summed E-state index contributed by atoms with van der Waals surface area (Å²) >= 11 is 5.89. The molecule has 1 saturated carbocycles. The molecule has 8 heteroatoms. The van der Waals surface area contributed by atoms with Crippen LogP contribution in [0.5, 0.6) is 0 Å². The van der Waals surface area contributed by atoms with E-state index in [1.807, 2.05) is 36.4 Å². The van der Waals surface area contributed by atoms with Crippen LogP contribution in [0.4, 0.5) is 0 Å². The number of fused-ring (bicyclic) bond motifs is 1. The highest BCUT2D eigenvalue weighted by atomic mass is 35.5. The molecule has 1 aliphatic rings. The van der Waals surface area contributed by atoms with E-state index in [1.54, 1.807) is 24.4 Å². The number of rotatable bonds is 7. The van der Waals surface area contributed by atoms with Crippen LogP contribution in [0.25, 0.3) is 10.9 Å². The number of carbonyl (C=O) groups excluding carboxylic acids is 1. The maximum Gasteiger partial charge on any atom is 0.242 e. The minimum absolute atomic E-state index is 0.0302. The summed E-state index contributed by atoms with van der Waals surface area (Å²) in [6.07, 6.45) is 4.74. The number of aromatic nitrogens is 1. The molecule has 0 saturated heterocycles. The molecule has 168 valence electrons. The molecule has 32 heavy (non-hydrogen) atoms. The van der Waals surface area contributed by atoms with Gasteiger partial charge in [0, 0.05) is 35.6 Å². The zero-order valence-corrected chi connectivity index (χ0v) is 19.2.